The second-order valence-corrected chi connectivity index (χ2v) is 4.83. The summed E-state index contributed by atoms with van der Waals surface area (Å²) in [5.41, 5.74) is 1.59. The van der Waals surface area contributed by atoms with Gasteiger partial charge in [-0.2, -0.15) is 0 Å². The normalized spacial score (nSPS) is 25.3. The van der Waals surface area contributed by atoms with Gasteiger partial charge in [0.1, 0.15) is 5.75 Å². The molecule has 0 bridgehead atoms. The summed E-state index contributed by atoms with van der Waals surface area (Å²) in [6, 6.07) is 7.56. The van der Waals surface area contributed by atoms with Crippen molar-refractivity contribution >= 4 is 0 Å². The van der Waals surface area contributed by atoms with E-state index >= 15 is 0 Å². The molecule has 0 aromatic heterocycles. The van der Waals surface area contributed by atoms with Crippen molar-refractivity contribution in [3.8, 4) is 5.75 Å². The third-order valence-electron chi connectivity index (χ3n) is 3.61. The molecule has 1 saturated heterocycles. The van der Waals surface area contributed by atoms with Gasteiger partial charge in [0.25, 0.3) is 0 Å². The topological polar surface area (TPSA) is 32.3 Å². The average molecular weight is 205 g/mol. The van der Waals surface area contributed by atoms with E-state index in [0.29, 0.717) is 11.7 Å². The smallest absolute Gasteiger partial charge is 0.115 e. The van der Waals surface area contributed by atoms with E-state index in [2.05, 4.69) is 19.2 Å². The SMILES string of the molecule is CC(C)C1(Cc2ccc(O)cc2)CCN1. The summed E-state index contributed by atoms with van der Waals surface area (Å²) in [4.78, 5) is 0. The van der Waals surface area contributed by atoms with Gasteiger partial charge >= 0.3 is 0 Å². The zero-order chi connectivity index (χ0) is 10.9. The Balaban J connectivity index is 2.10. The Morgan fingerprint density at radius 3 is 2.33 bits per heavy atom. The van der Waals surface area contributed by atoms with Crippen LogP contribution in [0.1, 0.15) is 25.8 Å². The van der Waals surface area contributed by atoms with E-state index in [9.17, 15) is 5.11 Å². The number of hydrogen-bond acceptors (Lipinski definition) is 2. The Morgan fingerprint density at radius 1 is 1.33 bits per heavy atom. The summed E-state index contributed by atoms with van der Waals surface area (Å²) in [5.74, 6) is 0.999. The number of aromatic hydroxyl groups is 1. The van der Waals surface area contributed by atoms with Gasteiger partial charge < -0.3 is 10.4 Å². The molecule has 15 heavy (non-hydrogen) atoms. The first-order chi connectivity index (χ1) is 7.12. The minimum atomic E-state index is 0.289. The molecule has 2 heteroatoms. The van der Waals surface area contributed by atoms with Crippen LogP contribution in [0.4, 0.5) is 0 Å². The van der Waals surface area contributed by atoms with Crippen LogP contribution in [0.25, 0.3) is 0 Å². The number of benzene rings is 1. The lowest BCUT2D eigenvalue weighted by molar-refractivity contribution is 0.139. The van der Waals surface area contributed by atoms with E-state index in [1.165, 1.54) is 12.0 Å². The fraction of sp³-hybridized carbons (Fsp3) is 0.538. The van der Waals surface area contributed by atoms with Crippen LogP contribution in [0.15, 0.2) is 24.3 Å². The lowest BCUT2D eigenvalue weighted by atomic mass is 9.73. The maximum atomic E-state index is 9.22. The second-order valence-electron chi connectivity index (χ2n) is 4.83. The second kappa shape index (κ2) is 3.86. The predicted octanol–water partition coefficient (Wildman–Crippen LogP) is 2.32. The maximum Gasteiger partial charge on any atom is 0.115 e. The Hall–Kier alpha value is -1.02. The average Bonchev–Trinajstić information content (AvgIpc) is 2.13. The standard InChI is InChI=1S/C13H19NO/c1-10(2)13(7-8-14-13)9-11-3-5-12(15)6-4-11/h3-6,10,14-15H,7-9H2,1-2H3. The first kappa shape index (κ1) is 10.5. The van der Waals surface area contributed by atoms with Crippen LogP contribution in [0.2, 0.25) is 0 Å². The van der Waals surface area contributed by atoms with Crippen LogP contribution >= 0.6 is 0 Å². The molecule has 1 aliphatic rings. The molecule has 0 saturated carbocycles. The highest BCUT2D eigenvalue weighted by Gasteiger charge is 2.39. The summed E-state index contributed by atoms with van der Waals surface area (Å²) in [5, 5.41) is 12.8. The third kappa shape index (κ3) is 2.00. The van der Waals surface area contributed by atoms with Crippen LogP contribution in [0.3, 0.4) is 0 Å². The third-order valence-corrected chi connectivity index (χ3v) is 3.61. The van der Waals surface area contributed by atoms with Crippen LogP contribution in [0, 0.1) is 5.92 Å². The summed E-state index contributed by atoms with van der Waals surface area (Å²) in [6.07, 6.45) is 2.32. The molecule has 2 rings (SSSR count). The predicted molar refractivity (Wildman–Crippen MR) is 62.0 cm³/mol. The first-order valence-electron chi connectivity index (χ1n) is 5.65. The molecule has 2 N–H and O–H groups in total. The molecule has 1 unspecified atom stereocenters. The molecule has 0 amide bonds. The molecule has 0 aliphatic carbocycles. The fourth-order valence-electron chi connectivity index (χ4n) is 2.27. The van der Waals surface area contributed by atoms with Gasteiger partial charge in [-0.15, -0.1) is 0 Å². The lowest BCUT2D eigenvalue weighted by Crippen LogP contribution is -2.61. The van der Waals surface area contributed by atoms with Crippen molar-refractivity contribution in [1.82, 2.24) is 5.32 Å². The highest BCUT2D eigenvalue weighted by atomic mass is 16.3. The molecule has 1 heterocycles. The Kier molecular flexibility index (Phi) is 2.70. The van der Waals surface area contributed by atoms with Gasteiger partial charge in [-0.25, -0.2) is 0 Å². The van der Waals surface area contributed by atoms with Crippen molar-refractivity contribution in [2.24, 2.45) is 5.92 Å². The molecule has 1 aromatic carbocycles. The molecule has 1 atom stereocenters. The van der Waals surface area contributed by atoms with Gasteiger partial charge in [0.05, 0.1) is 0 Å². The molecule has 1 aromatic rings. The van der Waals surface area contributed by atoms with Crippen molar-refractivity contribution in [2.75, 3.05) is 6.54 Å². The van der Waals surface area contributed by atoms with Gasteiger partial charge in [0.15, 0.2) is 0 Å². The van der Waals surface area contributed by atoms with E-state index in [1.807, 2.05) is 12.1 Å². The van der Waals surface area contributed by atoms with Crippen molar-refractivity contribution in [3.63, 3.8) is 0 Å². The number of phenols is 1. The van der Waals surface area contributed by atoms with Crippen LogP contribution in [-0.2, 0) is 6.42 Å². The molecule has 0 radical (unpaired) electrons. The lowest BCUT2D eigenvalue weighted by Gasteiger charge is -2.47. The Bertz CT molecular complexity index is 325. The van der Waals surface area contributed by atoms with Crippen LogP contribution < -0.4 is 5.32 Å². The summed E-state index contributed by atoms with van der Waals surface area (Å²) in [7, 11) is 0. The summed E-state index contributed by atoms with van der Waals surface area (Å²) < 4.78 is 0. The molecule has 1 aliphatic heterocycles. The Labute approximate surface area is 91.3 Å². The van der Waals surface area contributed by atoms with E-state index < -0.39 is 0 Å². The molecular formula is C13H19NO. The minimum Gasteiger partial charge on any atom is -0.508 e. The van der Waals surface area contributed by atoms with Crippen molar-refractivity contribution < 1.29 is 5.11 Å². The fourth-order valence-corrected chi connectivity index (χ4v) is 2.27. The van der Waals surface area contributed by atoms with Gasteiger partial charge in [0.2, 0.25) is 0 Å². The number of nitrogens with one attached hydrogen (secondary N) is 1. The van der Waals surface area contributed by atoms with Gasteiger partial charge in [0, 0.05) is 5.54 Å². The van der Waals surface area contributed by atoms with Crippen molar-refractivity contribution in [1.29, 1.82) is 0 Å². The Morgan fingerprint density at radius 2 is 1.93 bits per heavy atom. The molecule has 0 spiro atoms. The van der Waals surface area contributed by atoms with E-state index in [4.69, 9.17) is 0 Å². The highest BCUT2D eigenvalue weighted by molar-refractivity contribution is 5.28. The number of hydrogen-bond donors (Lipinski definition) is 2. The largest absolute Gasteiger partial charge is 0.508 e. The van der Waals surface area contributed by atoms with Crippen molar-refractivity contribution in [3.05, 3.63) is 29.8 Å². The number of rotatable bonds is 3. The zero-order valence-electron chi connectivity index (χ0n) is 9.46. The molecule has 1 fully saturated rings. The summed E-state index contributed by atoms with van der Waals surface area (Å²) in [6.45, 7) is 5.68. The van der Waals surface area contributed by atoms with Crippen LogP contribution in [-0.4, -0.2) is 17.2 Å². The van der Waals surface area contributed by atoms with Crippen molar-refractivity contribution in [2.45, 2.75) is 32.2 Å². The van der Waals surface area contributed by atoms with E-state index in [1.54, 1.807) is 12.1 Å². The minimum absolute atomic E-state index is 0.289. The highest BCUT2D eigenvalue weighted by Crippen LogP contribution is 2.31. The first-order valence-corrected chi connectivity index (χ1v) is 5.65. The maximum absolute atomic E-state index is 9.22. The molecular weight excluding hydrogens is 186 g/mol. The monoisotopic (exact) mass is 205 g/mol. The molecule has 82 valence electrons. The van der Waals surface area contributed by atoms with Gasteiger partial charge in [-0.1, -0.05) is 26.0 Å². The zero-order valence-corrected chi connectivity index (χ0v) is 9.46. The number of phenolic OH excluding ortho intramolecular Hbond substituents is 1. The van der Waals surface area contributed by atoms with E-state index in [-0.39, 0.29) is 5.54 Å². The van der Waals surface area contributed by atoms with Crippen LogP contribution in [0.5, 0.6) is 5.75 Å². The van der Waals surface area contributed by atoms with E-state index in [0.717, 1.165) is 13.0 Å². The quantitative estimate of drug-likeness (QED) is 0.793. The van der Waals surface area contributed by atoms with Gasteiger partial charge in [-0.3, -0.25) is 0 Å². The molecule has 2 nitrogen and oxygen atoms in total. The summed E-state index contributed by atoms with van der Waals surface area (Å²) >= 11 is 0. The van der Waals surface area contributed by atoms with Gasteiger partial charge in [-0.05, 0) is 43.0 Å².